The number of aliphatic hydroxyl groups is 1. The van der Waals surface area contributed by atoms with E-state index in [2.05, 4.69) is 0 Å². The highest BCUT2D eigenvalue weighted by atomic mass is 32.2. The summed E-state index contributed by atoms with van der Waals surface area (Å²) in [4.78, 5) is 10.6. The molecule has 0 saturated heterocycles. The van der Waals surface area contributed by atoms with Crippen LogP contribution in [0.5, 0.6) is 5.75 Å². The molecular weight excluding hydrogens is 356 g/mol. The molecule has 0 aliphatic rings. The van der Waals surface area contributed by atoms with Crippen LogP contribution in [0.4, 0.5) is 0 Å². The molecule has 142 valence electrons. The summed E-state index contributed by atoms with van der Waals surface area (Å²) >= 11 is 0. The van der Waals surface area contributed by atoms with Gasteiger partial charge in [0.25, 0.3) is 10.1 Å². The Balaban J connectivity index is 0.000000765. The van der Waals surface area contributed by atoms with Crippen molar-refractivity contribution in [1.82, 2.24) is 0 Å². The number of hydrogen-bond acceptors (Lipinski definition) is 6. The van der Waals surface area contributed by atoms with E-state index in [-0.39, 0.29) is 24.2 Å². The first-order valence-electron chi connectivity index (χ1n) is 8.07. The summed E-state index contributed by atoms with van der Waals surface area (Å²) in [5.41, 5.74) is 1.52. The molecule has 6 nitrogen and oxygen atoms in total. The third-order valence-electron chi connectivity index (χ3n) is 2.92. The lowest BCUT2D eigenvalue weighted by Gasteiger charge is -2.08. The maximum atomic E-state index is 11.9. The predicted molar refractivity (Wildman–Crippen MR) is 99.0 cm³/mol. The van der Waals surface area contributed by atoms with E-state index in [9.17, 15) is 13.2 Å². The highest BCUT2D eigenvalue weighted by molar-refractivity contribution is 7.86. The molecule has 0 heterocycles. The number of aldehydes is 1. The van der Waals surface area contributed by atoms with Crippen LogP contribution in [0.1, 0.15) is 29.8 Å². The van der Waals surface area contributed by atoms with Crippen LogP contribution in [0.3, 0.4) is 0 Å². The number of aryl methyl sites for hydroxylation is 1. The van der Waals surface area contributed by atoms with Crippen molar-refractivity contribution in [3.63, 3.8) is 0 Å². The monoisotopic (exact) mass is 380 g/mol. The molecule has 2 rings (SSSR count). The quantitative estimate of drug-likeness (QED) is 0.451. The minimum atomic E-state index is -3.77. The molecule has 7 heteroatoms. The maximum Gasteiger partial charge on any atom is 0.297 e. The second kappa shape index (κ2) is 10.7. The summed E-state index contributed by atoms with van der Waals surface area (Å²) in [7, 11) is -3.77. The van der Waals surface area contributed by atoms with Gasteiger partial charge in [-0.15, -0.1) is 0 Å². The Morgan fingerprint density at radius 2 is 1.54 bits per heavy atom. The largest absolute Gasteiger partial charge is 0.491 e. The summed E-state index contributed by atoms with van der Waals surface area (Å²) in [5.74, 6) is 0.543. The number of hydrogen-bond donors (Lipinski definition) is 1. The van der Waals surface area contributed by atoms with Crippen molar-refractivity contribution in [1.29, 1.82) is 0 Å². The number of benzene rings is 2. The van der Waals surface area contributed by atoms with E-state index in [1.165, 1.54) is 12.1 Å². The molecule has 0 spiro atoms. The van der Waals surface area contributed by atoms with Gasteiger partial charge in [-0.1, -0.05) is 17.7 Å². The fourth-order valence-corrected chi connectivity index (χ4v) is 2.61. The van der Waals surface area contributed by atoms with Crippen LogP contribution in [-0.4, -0.2) is 39.1 Å². The van der Waals surface area contributed by atoms with E-state index in [4.69, 9.17) is 14.0 Å². The molecule has 0 fully saturated rings. The van der Waals surface area contributed by atoms with Gasteiger partial charge in [-0.3, -0.25) is 8.98 Å². The normalized spacial score (nSPS) is 10.8. The molecular formula is C19H24O6S. The van der Waals surface area contributed by atoms with Crippen LogP contribution in [-0.2, 0) is 14.3 Å². The van der Waals surface area contributed by atoms with Gasteiger partial charge in [-0.05, 0) is 57.2 Å². The van der Waals surface area contributed by atoms with E-state index in [0.29, 0.717) is 11.3 Å². The lowest BCUT2D eigenvalue weighted by Crippen LogP contribution is -2.13. The third-order valence-corrected chi connectivity index (χ3v) is 4.24. The first-order chi connectivity index (χ1) is 12.2. The van der Waals surface area contributed by atoms with E-state index < -0.39 is 10.1 Å². The second-order valence-corrected chi connectivity index (χ2v) is 7.33. The van der Waals surface area contributed by atoms with Crippen molar-refractivity contribution in [2.45, 2.75) is 31.8 Å². The number of rotatable bonds is 7. The van der Waals surface area contributed by atoms with Crippen molar-refractivity contribution in [2.75, 3.05) is 13.2 Å². The van der Waals surface area contributed by atoms with Crippen LogP contribution >= 0.6 is 0 Å². The summed E-state index contributed by atoms with van der Waals surface area (Å²) < 4.78 is 34.1. The molecule has 1 N–H and O–H groups in total. The van der Waals surface area contributed by atoms with Crippen LogP contribution in [0.15, 0.2) is 53.4 Å². The smallest absolute Gasteiger partial charge is 0.297 e. The fourth-order valence-electron chi connectivity index (χ4n) is 1.72. The standard InChI is InChI=1S/C16H16O5S.C3H8O/c1-13-2-8-16(9-3-13)22(18,19)21-11-10-20-15-6-4-14(12-17)5-7-15;1-3(2)4/h2-9,12H,10-11H2,1H3;3-4H,1-2H3. The van der Waals surface area contributed by atoms with Gasteiger partial charge < -0.3 is 9.84 Å². The number of carbonyl (C=O) groups is 1. The lowest BCUT2D eigenvalue weighted by molar-refractivity contribution is 0.112. The summed E-state index contributed by atoms with van der Waals surface area (Å²) in [6, 6.07) is 12.9. The summed E-state index contributed by atoms with van der Waals surface area (Å²) in [6.07, 6.45) is 0.570. The summed E-state index contributed by atoms with van der Waals surface area (Å²) in [5, 5.41) is 8.06. The molecule has 0 atom stereocenters. The number of carbonyl (C=O) groups excluding carboxylic acids is 1. The zero-order valence-corrected chi connectivity index (χ0v) is 15.9. The van der Waals surface area contributed by atoms with Crippen LogP contribution < -0.4 is 4.74 Å². The number of ether oxygens (including phenoxy) is 1. The molecule has 0 aromatic heterocycles. The number of aliphatic hydroxyl groups excluding tert-OH is 1. The third kappa shape index (κ3) is 8.24. The maximum absolute atomic E-state index is 11.9. The van der Waals surface area contributed by atoms with Gasteiger partial charge in [0.2, 0.25) is 0 Å². The van der Waals surface area contributed by atoms with Crippen molar-refractivity contribution in [3.05, 3.63) is 59.7 Å². The zero-order chi connectivity index (χ0) is 19.6. The molecule has 0 aliphatic carbocycles. The SMILES string of the molecule is CC(C)O.Cc1ccc(S(=O)(=O)OCCOc2ccc(C=O)cc2)cc1. The van der Waals surface area contributed by atoms with E-state index in [0.717, 1.165) is 11.8 Å². The predicted octanol–water partition coefficient (Wildman–Crippen LogP) is 2.98. The molecule has 0 saturated carbocycles. The lowest BCUT2D eigenvalue weighted by atomic mass is 10.2. The molecule has 0 unspecified atom stereocenters. The molecule has 2 aromatic rings. The Morgan fingerprint density at radius 3 is 2.04 bits per heavy atom. The molecule has 0 amide bonds. The van der Waals surface area contributed by atoms with E-state index >= 15 is 0 Å². The highest BCUT2D eigenvalue weighted by Gasteiger charge is 2.14. The Labute approximate surface area is 154 Å². The molecule has 0 aliphatic heterocycles. The highest BCUT2D eigenvalue weighted by Crippen LogP contribution is 2.14. The first kappa shape index (κ1) is 21.8. The van der Waals surface area contributed by atoms with E-state index in [1.54, 1.807) is 50.2 Å². The van der Waals surface area contributed by atoms with Gasteiger partial charge in [-0.2, -0.15) is 8.42 Å². The van der Waals surface area contributed by atoms with Gasteiger partial charge in [0.05, 0.1) is 4.90 Å². The van der Waals surface area contributed by atoms with Gasteiger partial charge >= 0.3 is 0 Å². The van der Waals surface area contributed by atoms with Gasteiger partial charge in [0.1, 0.15) is 25.2 Å². The average molecular weight is 380 g/mol. The Kier molecular flexibility index (Phi) is 8.98. The first-order valence-corrected chi connectivity index (χ1v) is 9.47. The molecule has 2 aromatic carbocycles. The van der Waals surface area contributed by atoms with E-state index in [1.807, 2.05) is 6.92 Å². The second-order valence-electron chi connectivity index (χ2n) is 5.72. The summed E-state index contributed by atoms with van der Waals surface area (Å²) in [6.45, 7) is 5.32. The molecule has 0 radical (unpaired) electrons. The van der Waals surface area contributed by atoms with Crippen LogP contribution in [0.25, 0.3) is 0 Å². The Morgan fingerprint density at radius 1 is 1.00 bits per heavy atom. The van der Waals surface area contributed by atoms with Gasteiger partial charge in [-0.25, -0.2) is 0 Å². The zero-order valence-electron chi connectivity index (χ0n) is 15.1. The van der Waals surface area contributed by atoms with Gasteiger partial charge in [0.15, 0.2) is 0 Å². The topological polar surface area (TPSA) is 89.9 Å². The fraction of sp³-hybridized carbons (Fsp3) is 0.316. The van der Waals surface area contributed by atoms with Crippen molar-refractivity contribution in [2.24, 2.45) is 0 Å². The van der Waals surface area contributed by atoms with Crippen LogP contribution in [0, 0.1) is 6.92 Å². The Hall–Kier alpha value is -2.22. The Bertz CT molecular complexity index is 762. The molecule has 0 bridgehead atoms. The van der Waals surface area contributed by atoms with Crippen molar-refractivity contribution in [3.8, 4) is 5.75 Å². The van der Waals surface area contributed by atoms with Crippen molar-refractivity contribution < 1.29 is 27.2 Å². The minimum absolute atomic E-state index is 0.0888. The average Bonchev–Trinajstić information content (AvgIpc) is 2.59. The molecule has 26 heavy (non-hydrogen) atoms. The van der Waals surface area contributed by atoms with Gasteiger partial charge in [0, 0.05) is 11.7 Å². The van der Waals surface area contributed by atoms with Crippen LogP contribution in [0.2, 0.25) is 0 Å². The minimum Gasteiger partial charge on any atom is -0.491 e. The van der Waals surface area contributed by atoms with Crippen molar-refractivity contribution >= 4 is 16.4 Å².